The zero-order valence-electron chi connectivity index (χ0n) is 11.9. The smallest absolute Gasteiger partial charge is 0.284 e. The molecule has 0 spiro atoms. The van der Waals surface area contributed by atoms with E-state index in [4.69, 9.17) is 11.6 Å². The van der Waals surface area contributed by atoms with E-state index in [0.717, 1.165) is 11.8 Å². The number of amides is 1. The van der Waals surface area contributed by atoms with Crippen LogP contribution in [0.25, 0.3) is 0 Å². The molecule has 0 aliphatic carbocycles. The average Bonchev–Trinajstić information content (AvgIpc) is 2.91. The maximum Gasteiger partial charge on any atom is 0.284 e. The van der Waals surface area contributed by atoms with Crippen molar-refractivity contribution in [2.24, 2.45) is 7.05 Å². The van der Waals surface area contributed by atoms with Crippen molar-refractivity contribution in [3.8, 4) is 0 Å². The number of nitrogens with zero attached hydrogens (tertiary/aromatic N) is 4. The number of carbonyl (C=O) groups excluding carboxylic acids is 1. The first kappa shape index (κ1) is 16.3. The average molecular weight is 341 g/mol. The van der Waals surface area contributed by atoms with Crippen molar-refractivity contribution in [2.75, 3.05) is 17.7 Å². The lowest BCUT2D eigenvalue weighted by atomic mass is 10.3. The molecular weight excluding hydrogens is 328 g/mol. The SMILES string of the molecule is CN(C(=O)CSc1ccc(Cl)cc1[N+](=O)[O-])c1cnn(C)c1. The molecule has 2 rings (SSSR count). The van der Waals surface area contributed by atoms with Gasteiger partial charge in [-0.1, -0.05) is 11.6 Å². The zero-order chi connectivity index (χ0) is 16.3. The second-order valence-electron chi connectivity index (χ2n) is 4.48. The second-order valence-corrected chi connectivity index (χ2v) is 5.94. The Kier molecular flexibility index (Phi) is 5.04. The Morgan fingerprint density at radius 1 is 1.55 bits per heavy atom. The number of halogens is 1. The van der Waals surface area contributed by atoms with E-state index in [1.54, 1.807) is 43.3 Å². The van der Waals surface area contributed by atoms with Crippen LogP contribution in [0, 0.1) is 10.1 Å². The van der Waals surface area contributed by atoms with Gasteiger partial charge in [-0.05, 0) is 12.1 Å². The molecule has 1 aromatic heterocycles. The van der Waals surface area contributed by atoms with Crippen LogP contribution in [0.15, 0.2) is 35.5 Å². The Bertz CT molecular complexity index is 719. The van der Waals surface area contributed by atoms with Crippen LogP contribution in [0.4, 0.5) is 11.4 Å². The molecule has 0 saturated carbocycles. The summed E-state index contributed by atoms with van der Waals surface area (Å²) in [4.78, 5) is 24.5. The highest BCUT2D eigenvalue weighted by Gasteiger charge is 2.18. The third-order valence-corrected chi connectivity index (χ3v) is 4.20. The van der Waals surface area contributed by atoms with Crippen LogP contribution < -0.4 is 4.90 Å². The molecule has 0 aliphatic rings. The number of thioether (sulfide) groups is 1. The summed E-state index contributed by atoms with van der Waals surface area (Å²) in [6.45, 7) is 0. The first-order valence-corrected chi connectivity index (χ1v) is 7.57. The Hall–Kier alpha value is -2.06. The standard InChI is InChI=1S/C13H13ClN4O3S/c1-16-7-10(6-15-16)17(2)13(19)8-22-12-4-3-9(14)5-11(12)18(20)21/h3-7H,8H2,1-2H3. The van der Waals surface area contributed by atoms with Gasteiger partial charge in [0.1, 0.15) is 0 Å². The number of nitro benzene ring substituents is 1. The number of hydrogen-bond acceptors (Lipinski definition) is 5. The van der Waals surface area contributed by atoms with E-state index >= 15 is 0 Å². The normalized spacial score (nSPS) is 10.5. The minimum atomic E-state index is -0.510. The van der Waals surface area contributed by atoms with Gasteiger partial charge in [-0.15, -0.1) is 11.8 Å². The minimum absolute atomic E-state index is 0.0772. The number of anilines is 1. The van der Waals surface area contributed by atoms with E-state index in [0.29, 0.717) is 10.6 Å². The summed E-state index contributed by atoms with van der Waals surface area (Å²) in [7, 11) is 3.39. The van der Waals surface area contributed by atoms with E-state index in [2.05, 4.69) is 5.10 Å². The fraction of sp³-hybridized carbons (Fsp3) is 0.231. The molecule has 0 saturated heterocycles. The summed E-state index contributed by atoms with van der Waals surface area (Å²) in [6, 6.07) is 4.38. The van der Waals surface area contributed by atoms with Gasteiger partial charge >= 0.3 is 0 Å². The number of nitro groups is 1. The zero-order valence-corrected chi connectivity index (χ0v) is 13.5. The van der Waals surface area contributed by atoms with E-state index in [-0.39, 0.29) is 22.4 Å². The Balaban J connectivity index is 2.07. The van der Waals surface area contributed by atoms with Gasteiger partial charge < -0.3 is 4.90 Å². The summed E-state index contributed by atoms with van der Waals surface area (Å²) >= 11 is 6.86. The number of benzene rings is 1. The van der Waals surface area contributed by atoms with E-state index in [9.17, 15) is 14.9 Å². The topological polar surface area (TPSA) is 81.3 Å². The largest absolute Gasteiger partial charge is 0.312 e. The molecule has 0 aliphatic heterocycles. The van der Waals surface area contributed by atoms with Crippen molar-refractivity contribution < 1.29 is 9.72 Å². The van der Waals surface area contributed by atoms with Gasteiger partial charge in [-0.2, -0.15) is 5.10 Å². The first-order valence-electron chi connectivity index (χ1n) is 6.20. The fourth-order valence-electron chi connectivity index (χ4n) is 1.72. The van der Waals surface area contributed by atoms with Crippen LogP contribution in [0.5, 0.6) is 0 Å². The Morgan fingerprint density at radius 2 is 2.27 bits per heavy atom. The van der Waals surface area contributed by atoms with Crippen LogP contribution in [-0.2, 0) is 11.8 Å². The maximum absolute atomic E-state index is 12.1. The number of aromatic nitrogens is 2. The van der Waals surface area contributed by atoms with Crippen LogP contribution >= 0.6 is 23.4 Å². The summed E-state index contributed by atoms with van der Waals surface area (Å²) in [5.41, 5.74) is 0.563. The molecule has 9 heteroatoms. The van der Waals surface area contributed by atoms with Crippen molar-refractivity contribution in [1.29, 1.82) is 0 Å². The molecule has 0 unspecified atom stereocenters. The maximum atomic E-state index is 12.1. The molecule has 1 heterocycles. The van der Waals surface area contributed by atoms with Gasteiger partial charge in [-0.3, -0.25) is 19.6 Å². The molecule has 116 valence electrons. The molecule has 22 heavy (non-hydrogen) atoms. The molecule has 1 amide bonds. The number of rotatable bonds is 5. The quantitative estimate of drug-likeness (QED) is 0.475. The highest BCUT2D eigenvalue weighted by Crippen LogP contribution is 2.31. The highest BCUT2D eigenvalue weighted by atomic mass is 35.5. The van der Waals surface area contributed by atoms with Crippen molar-refractivity contribution in [3.05, 3.63) is 45.7 Å². The Morgan fingerprint density at radius 3 is 2.86 bits per heavy atom. The predicted molar refractivity (Wildman–Crippen MR) is 85.4 cm³/mol. The molecule has 0 bridgehead atoms. The molecular formula is C13H13ClN4O3S. The molecule has 0 fully saturated rings. The summed E-state index contributed by atoms with van der Waals surface area (Å²) in [6.07, 6.45) is 3.29. The number of carbonyl (C=O) groups is 1. The van der Waals surface area contributed by atoms with Crippen molar-refractivity contribution in [1.82, 2.24) is 9.78 Å². The van der Waals surface area contributed by atoms with Gasteiger partial charge in [0.15, 0.2) is 0 Å². The molecule has 1 aromatic carbocycles. The van der Waals surface area contributed by atoms with Crippen LogP contribution in [0.3, 0.4) is 0 Å². The lowest BCUT2D eigenvalue weighted by Gasteiger charge is -2.14. The summed E-state index contributed by atoms with van der Waals surface area (Å²) < 4.78 is 1.59. The molecule has 0 radical (unpaired) electrons. The van der Waals surface area contributed by atoms with Crippen LogP contribution in [0.2, 0.25) is 5.02 Å². The van der Waals surface area contributed by atoms with Gasteiger partial charge in [-0.25, -0.2) is 0 Å². The first-order chi connectivity index (χ1) is 10.4. The van der Waals surface area contributed by atoms with Gasteiger partial charge in [0.2, 0.25) is 5.91 Å². The van der Waals surface area contributed by atoms with Crippen molar-refractivity contribution in [3.63, 3.8) is 0 Å². The molecule has 0 N–H and O–H groups in total. The third-order valence-electron chi connectivity index (χ3n) is 2.92. The second kappa shape index (κ2) is 6.80. The summed E-state index contributed by atoms with van der Waals surface area (Å²) in [5, 5.41) is 15.3. The molecule has 0 atom stereocenters. The fourth-order valence-corrected chi connectivity index (χ4v) is 2.80. The molecule has 7 nitrogen and oxygen atoms in total. The van der Waals surface area contributed by atoms with Gasteiger partial charge in [0, 0.05) is 31.4 Å². The number of hydrogen-bond donors (Lipinski definition) is 0. The minimum Gasteiger partial charge on any atom is -0.312 e. The number of aryl methyl sites for hydroxylation is 1. The van der Waals surface area contributed by atoms with Crippen LogP contribution in [0.1, 0.15) is 0 Å². The highest BCUT2D eigenvalue weighted by molar-refractivity contribution is 8.00. The van der Waals surface area contributed by atoms with Crippen LogP contribution in [-0.4, -0.2) is 33.4 Å². The van der Waals surface area contributed by atoms with E-state index in [1.807, 2.05) is 0 Å². The van der Waals surface area contributed by atoms with E-state index in [1.165, 1.54) is 11.0 Å². The lowest BCUT2D eigenvalue weighted by molar-refractivity contribution is -0.387. The van der Waals surface area contributed by atoms with E-state index < -0.39 is 4.92 Å². The predicted octanol–water partition coefficient (Wildman–Crippen LogP) is 2.74. The third kappa shape index (κ3) is 3.77. The van der Waals surface area contributed by atoms with Gasteiger partial charge in [0.25, 0.3) is 5.69 Å². The van der Waals surface area contributed by atoms with Crippen molar-refractivity contribution in [2.45, 2.75) is 4.90 Å². The van der Waals surface area contributed by atoms with Crippen molar-refractivity contribution >= 4 is 40.6 Å². The summed E-state index contributed by atoms with van der Waals surface area (Å²) in [5.74, 6) is -0.101. The lowest BCUT2D eigenvalue weighted by Crippen LogP contribution is -2.27. The van der Waals surface area contributed by atoms with Gasteiger partial charge in [0.05, 0.1) is 27.5 Å². The monoisotopic (exact) mass is 340 g/mol. The molecule has 2 aromatic rings. The Labute approximate surface area is 136 Å².